The number of amides is 1. The Morgan fingerprint density at radius 3 is 2.73 bits per heavy atom. The van der Waals surface area contributed by atoms with Gasteiger partial charge in [-0.3, -0.25) is 14.7 Å². The zero-order chi connectivity index (χ0) is 20.4. The summed E-state index contributed by atoms with van der Waals surface area (Å²) in [5.41, 5.74) is 1.27. The van der Waals surface area contributed by atoms with Gasteiger partial charge in [-0.05, 0) is 29.3 Å². The van der Waals surface area contributed by atoms with Gasteiger partial charge >= 0.3 is 0 Å². The van der Waals surface area contributed by atoms with Crippen molar-refractivity contribution in [2.24, 2.45) is 0 Å². The number of aromatic nitrogens is 1. The van der Waals surface area contributed by atoms with E-state index >= 15 is 0 Å². The number of morpholine rings is 1. The highest BCUT2D eigenvalue weighted by atomic mass is 16.5. The predicted octanol–water partition coefficient (Wildman–Crippen LogP) is 3.07. The number of pyridine rings is 1. The highest BCUT2D eigenvalue weighted by Gasteiger charge is 2.57. The number of benzene rings is 1. The van der Waals surface area contributed by atoms with Crippen LogP contribution in [0, 0.1) is 0 Å². The molecule has 1 spiro atoms. The zero-order valence-electron chi connectivity index (χ0n) is 16.8. The molecule has 2 atom stereocenters. The Balaban J connectivity index is 1.45. The maximum atomic E-state index is 13.8. The second-order valence-electron chi connectivity index (χ2n) is 8.04. The second kappa shape index (κ2) is 8.05. The molecule has 0 saturated carbocycles. The first kappa shape index (κ1) is 19.0. The summed E-state index contributed by atoms with van der Waals surface area (Å²) >= 11 is 0. The number of ether oxygens (including phenoxy) is 1. The van der Waals surface area contributed by atoms with Gasteiger partial charge in [-0.1, -0.05) is 36.4 Å². The molecular weight excluding hydrogens is 378 g/mol. The fourth-order valence-electron chi connectivity index (χ4n) is 4.70. The van der Waals surface area contributed by atoms with Crippen LogP contribution < -0.4 is 0 Å². The molecule has 3 aromatic rings. The van der Waals surface area contributed by atoms with Crippen molar-refractivity contribution in [3.05, 3.63) is 90.1 Å². The van der Waals surface area contributed by atoms with Crippen molar-refractivity contribution < 1.29 is 13.9 Å². The van der Waals surface area contributed by atoms with Crippen molar-refractivity contribution >= 4 is 5.91 Å². The van der Waals surface area contributed by atoms with Gasteiger partial charge in [-0.2, -0.15) is 0 Å². The summed E-state index contributed by atoms with van der Waals surface area (Å²) in [5.74, 6) is 0.877. The number of furan rings is 1. The standard InChI is InChI=1S/C24H25N3O3/c28-23-24(30-13-11-27(23)15-19-6-2-1-3-7-19)18-26(16-21-9-5-12-29-21)17-22(24)20-8-4-10-25-14-20/h1-10,12,14,22H,11,13,15-18H2/t22-,24+/m1/s1. The quantitative estimate of drug-likeness (QED) is 0.655. The fraction of sp³-hybridized carbons (Fsp3) is 0.333. The van der Waals surface area contributed by atoms with Crippen molar-refractivity contribution in [3.8, 4) is 0 Å². The minimum Gasteiger partial charge on any atom is -0.468 e. The predicted molar refractivity (Wildman–Crippen MR) is 112 cm³/mol. The highest BCUT2D eigenvalue weighted by Crippen LogP contribution is 2.42. The monoisotopic (exact) mass is 403 g/mol. The van der Waals surface area contributed by atoms with Gasteiger partial charge in [0, 0.05) is 44.5 Å². The Kier molecular flexibility index (Phi) is 5.11. The Morgan fingerprint density at radius 1 is 1.07 bits per heavy atom. The van der Waals surface area contributed by atoms with E-state index in [0.29, 0.717) is 32.8 Å². The van der Waals surface area contributed by atoms with Gasteiger partial charge in [0.15, 0.2) is 5.60 Å². The van der Waals surface area contributed by atoms with Crippen LogP contribution in [0.1, 0.15) is 22.8 Å². The third-order valence-corrected chi connectivity index (χ3v) is 6.09. The van der Waals surface area contributed by atoms with E-state index in [4.69, 9.17) is 9.15 Å². The van der Waals surface area contributed by atoms with Crippen LogP contribution in [-0.4, -0.2) is 52.5 Å². The summed E-state index contributed by atoms with van der Waals surface area (Å²) in [6.07, 6.45) is 5.30. The Labute approximate surface area is 176 Å². The van der Waals surface area contributed by atoms with Crippen LogP contribution in [0.3, 0.4) is 0 Å². The molecule has 2 aromatic heterocycles. The Hall–Kier alpha value is -2.96. The van der Waals surface area contributed by atoms with E-state index in [-0.39, 0.29) is 11.8 Å². The summed E-state index contributed by atoms with van der Waals surface area (Å²) in [4.78, 5) is 22.3. The van der Waals surface area contributed by atoms with Crippen LogP contribution in [0.15, 0.2) is 77.7 Å². The van der Waals surface area contributed by atoms with Gasteiger partial charge in [0.25, 0.3) is 5.91 Å². The van der Waals surface area contributed by atoms with E-state index in [9.17, 15) is 4.79 Å². The largest absolute Gasteiger partial charge is 0.468 e. The van der Waals surface area contributed by atoms with Gasteiger partial charge < -0.3 is 14.1 Å². The first-order valence-electron chi connectivity index (χ1n) is 10.4. The number of carbonyl (C=O) groups is 1. The van der Waals surface area contributed by atoms with Crippen molar-refractivity contribution in [2.45, 2.75) is 24.6 Å². The van der Waals surface area contributed by atoms with E-state index in [1.807, 2.05) is 53.6 Å². The van der Waals surface area contributed by atoms with Gasteiger partial charge in [-0.25, -0.2) is 0 Å². The molecule has 2 aliphatic rings. The summed E-state index contributed by atoms with van der Waals surface area (Å²) in [6.45, 7) is 3.65. The average molecular weight is 403 g/mol. The molecule has 154 valence electrons. The summed E-state index contributed by atoms with van der Waals surface area (Å²) < 4.78 is 11.9. The minimum absolute atomic E-state index is 0.0633. The van der Waals surface area contributed by atoms with Crippen molar-refractivity contribution in [1.82, 2.24) is 14.8 Å². The molecule has 0 N–H and O–H groups in total. The molecular formula is C24H25N3O3. The molecule has 2 saturated heterocycles. The number of hydrogen-bond acceptors (Lipinski definition) is 5. The maximum Gasteiger partial charge on any atom is 0.257 e. The van der Waals surface area contributed by atoms with E-state index in [0.717, 1.165) is 23.4 Å². The van der Waals surface area contributed by atoms with Crippen LogP contribution in [0.25, 0.3) is 0 Å². The lowest BCUT2D eigenvalue weighted by Gasteiger charge is -2.42. The lowest BCUT2D eigenvalue weighted by atomic mass is 9.83. The van der Waals surface area contributed by atoms with Crippen molar-refractivity contribution in [3.63, 3.8) is 0 Å². The van der Waals surface area contributed by atoms with Gasteiger partial charge in [0.05, 0.1) is 19.4 Å². The molecule has 1 aromatic carbocycles. The van der Waals surface area contributed by atoms with Crippen molar-refractivity contribution in [2.75, 3.05) is 26.2 Å². The molecule has 4 heterocycles. The number of likely N-dealkylation sites (tertiary alicyclic amines) is 1. The molecule has 1 amide bonds. The Morgan fingerprint density at radius 2 is 1.97 bits per heavy atom. The third-order valence-electron chi connectivity index (χ3n) is 6.09. The molecule has 2 aliphatic heterocycles. The molecule has 6 nitrogen and oxygen atoms in total. The molecule has 2 fully saturated rings. The van der Waals surface area contributed by atoms with E-state index in [1.165, 1.54) is 0 Å². The number of carbonyl (C=O) groups excluding carboxylic acids is 1. The van der Waals surface area contributed by atoms with Crippen LogP contribution in [-0.2, 0) is 22.6 Å². The first-order chi connectivity index (χ1) is 14.7. The molecule has 30 heavy (non-hydrogen) atoms. The molecule has 5 rings (SSSR count). The lowest BCUT2D eigenvalue weighted by Crippen LogP contribution is -2.59. The maximum absolute atomic E-state index is 13.8. The van der Waals surface area contributed by atoms with E-state index in [2.05, 4.69) is 22.0 Å². The third kappa shape index (κ3) is 3.53. The van der Waals surface area contributed by atoms with E-state index < -0.39 is 5.60 Å². The topological polar surface area (TPSA) is 58.8 Å². The van der Waals surface area contributed by atoms with E-state index in [1.54, 1.807) is 12.5 Å². The fourth-order valence-corrected chi connectivity index (χ4v) is 4.70. The summed E-state index contributed by atoms with van der Waals surface area (Å²) in [6, 6.07) is 18.0. The first-order valence-corrected chi connectivity index (χ1v) is 10.4. The summed E-state index contributed by atoms with van der Waals surface area (Å²) in [5, 5.41) is 0. The van der Waals surface area contributed by atoms with Crippen LogP contribution in [0.2, 0.25) is 0 Å². The van der Waals surface area contributed by atoms with Crippen LogP contribution >= 0.6 is 0 Å². The molecule has 0 radical (unpaired) electrons. The minimum atomic E-state index is -0.900. The van der Waals surface area contributed by atoms with Crippen LogP contribution in [0.4, 0.5) is 0 Å². The summed E-state index contributed by atoms with van der Waals surface area (Å²) in [7, 11) is 0. The number of rotatable bonds is 5. The van der Waals surface area contributed by atoms with Gasteiger partial charge in [0.2, 0.25) is 0 Å². The number of hydrogen-bond donors (Lipinski definition) is 0. The second-order valence-corrected chi connectivity index (χ2v) is 8.04. The average Bonchev–Trinajstić information content (AvgIpc) is 3.42. The van der Waals surface area contributed by atoms with Crippen molar-refractivity contribution in [1.29, 1.82) is 0 Å². The zero-order valence-corrected chi connectivity index (χ0v) is 16.8. The smallest absolute Gasteiger partial charge is 0.257 e. The normalized spacial score (nSPS) is 24.6. The highest BCUT2D eigenvalue weighted by molar-refractivity contribution is 5.88. The molecule has 0 bridgehead atoms. The SMILES string of the molecule is O=C1N(Cc2ccccc2)CCO[C@]12CN(Cc1ccco1)C[C@@H]2c1cccnc1. The lowest BCUT2D eigenvalue weighted by molar-refractivity contribution is -0.173. The van der Waals surface area contributed by atoms with Crippen LogP contribution in [0.5, 0.6) is 0 Å². The number of nitrogens with zero attached hydrogens (tertiary/aromatic N) is 3. The molecule has 6 heteroatoms. The van der Waals surface area contributed by atoms with Gasteiger partial charge in [0.1, 0.15) is 5.76 Å². The molecule has 0 unspecified atom stereocenters. The Bertz CT molecular complexity index is 977. The molecule has 0 aliphatic carbocycles. The van der Waals surface area contributed by atoms with Gasteiger partial charge in [-0.15, -0.1) is 0 Å².